The molecule has 2 fully saturated rings. The summed E-state index contributed by atoms with van der Waals surface area (Å²) in [5, 5.41) is 10.1. The summed E-state index contributed by atoms with van der Waals surface area (Å²) < 4.78 is 0. The number of Topliss-reactive ketones (excluding diaryl/α,β-unsaturated/α-hetero) is 1. The van der Waals surface area contributed by atoms with Crippen molar-refractivity contribution in [2.24, 2.45) is 23.2 Å². The Balaban J connectivity index is 2.27. The Kier molecular flexibility index (Phi) is 2.22. The molecule has 0 aliphatic heterocycles. The van der Waals surface area contributed by atoms with Gasteiger partial charge in [0.05, 0.1) is 6.10 Å². The highest BCUT2D eigenvalue weighted by atomic mass is 16.3. The van der Waals surface area contributed by atoms with Crippen LogP contribution in [0.15, 0.2) is 0 Å². The number of hydrogen-bond acceptors (Lipinski definition) is 2. The van der Waals surface area contributed by atoms with Crippen molar-refractivity contribution in [3.05, 3.63) is 0 Å². The number of carbonyl (C=O) groups is 1. The Morgan fingerprint density at radius 1 is 1.36 bits per heavy atom. The lowest BCUT2D eigenvalue weighted by Gasteiger charge is -2.39. The molecule has 4 unspecified atom stereocenters. The van der Waals surface area contributed by atoms with Gasteiger partial charge in [0, 0.05) is 18.3 Å². The first-order valence-corrected chi connectivity index (χ1v) is 5.62. The first-order chi connectivity index (χ1) is 6.42. The average molecular weight is 196 g/mol. The van der Waals surface area contributed by atoms with E-state index < -0.39 is 0 Å². The molecule has 2 heteroatoms. The van der Waals surface area contributed by atoms with Gasteiger partial charge in [-0.1, -0.05) is 20.8 Å². The van der Waals surface area contributed by atoms with Gasteiger partial charge in [0.1, 0.15) is 5.78 Å². The van der Waals surface area contributed by atoms with Gasteiger partial charge in [-0.15, -0.1) is 0 Å². The maximum absolute atomic E-state index is 11.8. The fraction of sp³-hybridized carbons (Fsp3) is 0.917. The lowest BCUT2D eigenvalue weighted by atomic mass is 9.67. The monoisotopic (exact) mass is 196 g/mol. The van der Waals surface area contributed by atoms with E-state index >= 15 is 0 Å². The number of ketones is 1. The van der Waals surface area contributed by atoms with Crippen LogP contribution in [0.3, 0.4) is 0 Å². The number of fused-ring (bicyclic) bond motifs is 1. The van der Waals surface area contributed by atoms with E-state index in [2.05, 4.69) is 20.8 Å². The third kappa shape index (κ3) is 1.40. The minimum Gasteiger partial charge on any atom is -0.393 e. The van der Waals surface area contributed by atoms with Gasteiger partial charge in [-0.3, -0.25) is 4.79 Å². The molecule has 2 rings (SSSR count). The maximum Gasteiger partial charge on any atom is 0.136 e. The van der Waals surface area contributed by atoms with Crippen LogP contribution >= 0.6 is 0 Å². The van der Waals surface area contributed by atoms with Crippen LogP contribution < -0.4 is 0 Å². The molecule has 0 amide bonds. The van der Waals surface area contributed by atoms with Gasteiger partial charge in [0.15, 0.2) is 0 Å². The van der Waals surface area contributed by atoms with Crippen LogP contribution in [0.2, 0.25) is 0 Å². The highest BCUT2D eigenvalue weighted by Gasteiger charge is 2.52. The topological polar surface area (TPSA) is 37.3 Å². The molecule has 0 aromatic carbocycles. The summed E-state index contributed by atoms with van der Waals surface area (Å²) in [5.74, 6) is 1.24. The van der Waals surface area contributed by atoms with Crippen LogP contribution in [0.5, 0.6) is 0 Å². The third-order valence-electron chi connectivity index (χ3n) is 4.09. The van der Waals surface area contributed by atoms with E-state index in [9.17, 15) is 9.90 Å². The molecule has 2 nitrogen and oxygen atoms in total. The molecule has 2 aliphatic rings. The van der Waals surface area contributed by atoms with Gasteiger partial charge >= 0.3 is 0 Å². The Morgan fingerprint density at radius 3 is 2.64 bits per heavy atom. The lowest BCUT2D eigenvalue weighted by molar-refractivity contribution is -0.124. The van der Waals surface area contributed by atoms with Crippen molar-refractivity contribution in [1.29, 1.82) is 0 Å². The fourth-order valence-electron chi connectivity index (χ4n) is 3.60. The van der Waals surface area contributed by atoms with Crippen molar-refractivity contribution >= 4 is 5.78 Å². The molecule has 80 valence electrons. The van der Waals surface area contributed by atoms with E-state index in [1.807, 2.05) is 0 Å². The third-order valence-corrected chi connectivity index (χ3v) is 4.09. The van der Waals surface area contributed by atoms with Gasteiger partial charge in [0.25, 0.3) is 0 Å². The highest BCUT2D eigenvalue weighted by Crippen LogP contribution is 2.52. The van der Waals surface area contributed by atoms with Gasteiger partial charge in [-0.2, -0.15) is 0 Å². The quantitative estimate of drug-likeness (QED) is 0.643. The van der Waals surface area contributed by atoms with Crippen LogP contribution in [-0.4, -0.2) is 17.0 Å². The van der Waals surface area contributed by atoms with E-state index in [4.69, 9.17) is 0 Å². The van der Waals surface area contributed by atoms with Crippen molar-refractivity contribution in [3.63, 3.8) is 0 Å². The number of carbonyl (C=O) groups excluding carboxylic acids is 1. The van der Waals surface area contributed by atoms with Crippen molar-refractivity contribution in [1.82, 2.24) is 0 Å². The van der Waals surface area contributed by atoms with E-state index in [1.54, 1.807) is 0 Å². The standard InChI is InChI=1S/C12H20O2/c1-7-4-8-10(14)6-12(2,3)11(8)9(13)5-7/h7-9,11,13H,4-6H2,1-3H3. The summed E-state index contributed by atoms with van der Waals surface area (Å²) in [5.41, 5.74) is 0.0152. The summed E-state index contributed by atoms with van der Waals surface area (Å²) in [6, 6.07) is 0. The molecule has 0 heterocycles. The summed E-state index contributed by atoms with van der Waals surface area (Å²) in [6.07, 6.45) is 2.26. The summed E-state index contributed by atoms with van der Waals surface area (Å²) in [4.78, 5) is 11.8. The van der Waals surface area contributed by atoms with Crippen molar-refractivity contribution < 1.29 is 9.90 Å². The summed E-state index contributed by atoms with van der Waals surface area (Å²) >= 11 is 0. The largest absolute Gasteiger partial charge is 0.393 e. The molecule has 0 bridgehead atoms. The second-order valence-corrected chi connectivity index (χ2v) is 5.91. The van der Waals surface area contributed by atoms with Crippen molar-refractivity contribution in [3.8, 4) is 0 Å². The van der Waals surface area contributed by atoms with E-state index in [1.165, 1.54) is 0 Å². The molecule has 14 heavy (non-hydrogen) atoms. The van der Waals surface area contributed by atoms with Gasteiger partial charge < -0.3 is 5.11 Å². The molecule has 1 N–H and O–H groups in total. The molecule has 2 saturated carbocycles. The smallest absolute Gasteiger partial charge is 0.136 e. The molecule has 0 aromatic rings. The molecule has 0 aromatic heterocycles. The zero-order chi connectivity index (χ0) is 10.5. The van der Waals surface area contributed by atoms with Gasteiger partial charge in [0.2, 0.25) is 0 Å². The Hall–Kier alpha value is -0.370. The second kappa shape index (κ2) is 3.06. The van der Waals surface area contributed by atoms with E-state index in [0.29, 0.717) is 18.1 Å². The van der Waals surface area contributed by atoms with Crippen molar-refractivity contribution in [2.75, 3.05) is 0 Å². The Bertz CT molecular complexity index is 257. The normalized spacial score (nSPS) is 46.4. The number of aliphatic hydroxyl groups excluding tert-OH is 1. The number of rotatable bonds is 0. The lowest BCUT2D eigenvalue weighted by Crippen LogP contribution is -2.40. The molecular weight excluding hydrogens is 176 g/mol. The zero-order valence-electron chi connectivity index (χ0n) is 9.29. The van der Waals surface area contributed by atoms with Crippen LogP contribution in [-0.2, 0) is 4.79 Å². The second-order valence-electron chi connectivity index (χ2n) is 5.91. The Morgan fingerprint density at radius 2 is 2.00 bits per heavy atom. The first-order valence-electron chi connectivity index (χ1n) is 5.62. The average Bonchev–Trinajstić information content (AvgIpc) is 2.21. The molecule has 4 atom stereocenters. The zero-order valence-corrected chi connectivity index (χ0v) is 9.29. The van der Waals surface area contributed by atoms with Crippen LogP contribution in [0.25, 0.3) is 0 Å². The summed E-state index contributed by atoms with van der Waals surface area (Å²) in [7, 11) is 0. The predicted molar refractivity (Wildman–Crippen MR) is 54.8 cm³/mol. The number of aliphatic hydroxyl groups is 1. The minimum absolute atomic E-state index is 0.0152. The maximum atomic E-state index is 11.8. The van der Waals surface area contributed by atoms with Crippen LogP contribution in [0.4, 0.5) is 0 Å². The molecule has 0 saturated heterocycles. The van der Waals surface area contributed by atoms with Crippen molar-refractivity contribution in [2.45, 2.75) is 46.1 Å². The molecule has 2 aliphatic carbocycles. The van der Waals surface area contributed by atoms with Crippen LogP contribution in [0, 0.1) is 23.2 Å². The van der Waals surface area contributed by atoms with E-state index in [0.717, 1.165) is 12.8 Å². The molecular formula is C12H20O2. The first kappa shape index (κ1) is 10.2. The summed E-state index contributed by atoms with van der Waals surface area (Å²) in [6.45, 7) is 6.38. The Labute approximate surface area is 85.7 Å². The van der Waals surface area contributed by atoms with Gasteiger partial charge in [-0.25, -0.2) is 0 Å². The van der Waals surface area contributed by atoms with Gasteiger partial charge in [-0.05, 0) is 24.2 Å². The SMILES string of the molecule is CC1CC(O)C2C(C1)C(=O)CC2(C)C. The number of hydrogen-bond donors (Lipinski definition) is 1. The predicted octanol–water partition coefficient (Wildman–Crippen LogP) is 2.01. The fourth-order valence-corrected chi connectivity index (χ4v) is 3.60. The highest BCUT2D eigenvalue weighted by molar-refractivity contribution is 5.84. The minimum atomic E-state index is -0.259. The molecule has 0 spiro atoms. The van der Waals surface area contributed by atoms with E-state index in [-0.39, 0.29) is 23.4 Å². The van der Waals surface area contributed by atoms with Crippen LogP contribution in [0.1, 0.15) is 40.0 Å². The molecule has 0 radical (unpaired) electrons.